The number of nitrogens with one attached hydrogen (secondary N) is 1. The number of alkyl halides is 3. The second-order valence-corrected chi connectivity index (χ2v) is 5.24. The summed E-state index contributed by atoms with van der Waals surface area (Å²) in [6, 6.07) is 4.69. The molecule has 0 saturated carbocycles. The summed E-state index contributed by atoms with van der Waals surface area (Å²) in [7, 11) is 2.68. The van der Waals surface area contributed by atoms with E-state index in [0.717, 1.165) is 6.07 Å². The van der Waals surface area contributed by atoms with Gasteiger partial charge in [-0.2, -0.15) is 13.2 Å². The van der Waals surface area contributed by atoms with Crippen molar-refractivity contribution in [2.24, 2.45) is 0 Å². The van der Waals surface area contributed by atoms with Crippen molar-refractivity contribution in [2.75, 3.05) is 19.5 Å². The molecule has 2 rings (SSSR count). The summed E-state index contributed by atoms with van der Waals surface area (Å²) in [6.45, 7) is 0. The summed E-state index contributed by atoms with van der Waals surface area (Å²) >= 11 is 5.94. The Bertz CT molecular complexity index is 809. The number of carbonyl (C=O) groups excluding carboxylic acids is 1. The van der Waals surface area contributed by atoms with E-state index in [2.05, 4.69) is 5.32 Å². The topological polar surface area (TPSA) is 47.6 Å². The minimum absolute atomic E-state index is 0.131. The van der Waals surface area contributed by atoms with Crippen molar-refractivity contribution in [3.8, 4) is 11.5 Å². The first-order valence-electron chi connectivity index (χ1n) is 6.77. The lowest BCUT2D eigenvalue weighted by Crippen LogP contribution is -2.15. The Morgan fingerprint density at radius 2 is 1.72 bits per heavy atom. The average Bonchev–Trinajstić information content (AvgIpc) is 2.55. The first-order valence-corrected chi connectivity index (χ1v) is 7.14. The number of hydrogen-bond donors (Lipinski definition) is 1. The molecule has 0 unspecified atom stereocenters. The van der Waals surface area contributed by atoms with Crippen molar-refractivity contribution in [3.63, 3.8) is 0 Å². The molecule has 4 nitrogen and oxygen atoms in total. The fourth-order valence-electron chi connectivity index (χ4n) is 2.04. The molecule has 134 valence electrons. The van der Waals surface area contributed by atoms with Gasteiger partial charge in [-0.25, -0.2) is 4.39 Å². The maximum atomic E-state index is 13.3. The van der Waals surface area contributed by atoms with Crippen LogP contribution in [0, 0.1) is 5.82 Å². The van der Waals surface area contributed by atoms with Crippen LogP contribution in [0.2, 0.25) is 5.02 Å². The zero-order valence-electron chi connectivity index (χ0n) is 13.0. The predicted molar refractivity (Wildman–Crippen MR) is 83.9 cm³/mol. The molecule has 2 aromatic rings. The summed E-state index contributed by atoms with van der Waals surface area (Å²) in [5, 5.41) is 2.61. The number of anilines is 1. The van der Waals surface area contributed by atoms with Crippen LogP contribution in [0.5, 0.6) is 11.5 Å². The van der Waals surface area contributed by atoms with Gasteiger partial charge in [0.15, 0.2) is 0 Å². The van der Waals surface area contributed by atoms with Gasteiger partial charge in [0.1, 0.15) is 17.3 Å². The lowest BCUT2D eigenvalue weighted by molar-refractivity contribution is -0.140. The van der Waals surface area contributed by atoms with Gasteiger partial charge < -0.3 is 14.8 Å². The first-order chi connectivity index (χ1) is 11.7. The highest BCUT2D eigenvalue weighted by molar-refractivity contribution is 6.32. The summed E-state index contributed by atoms with van der Waals surface area (Å²) in [6.07, 6.45) is -4.92. The Morgan fingerprint density at radius 3 is 2.28 bits per heavy atom. The molecule has 0 saturated heterocycles. The zero-order valence-corrected chi connectivity index (χ0v) is 13.8. The van der Waals surface area contributed by atoms with E-state index in [0.29, 0.717) is 12.1 Å². The zero-order chi connectivity index (χ0) is 18.8. The summed E-state index contributed by atoms with van der Waals surface area (Å²) in [5.41, 5.74) is -1.77. The van der Waals surface area contributed by atoms with Gasteiger partial charge >= 0.3 is 6.18 Å². The second-order valence-electron chi connectivity index (χ2n) is 4.83. The Labute approximate surface area is 145 Å². The van der Waals surface area contributed by atoms with E-state index in [-0.39, 0.29) is 27.8 Å². The predicted octanol–water partition coefficient (Wildman–Crippen LogP) is 4.77. The minimum Gasteiger partial charge on any atom is -0.495 e. The number of benzene rings is 2. The highest BCUT2D eigenvalue weighted by atomic mass is 35.5. The molecule has 1 N–H and O–H groups in total. The van der Waals surface area contributed by atoms with E-state index in [1.54, 1.807) is 0 Å². The number of ether oxygens (including phenoxy) is 2. The third kappa shape index (κ3) is 4.14. The molecule has 0 bridgehead atoms. The number of hydrogen-bond acceptors (Lipinski definition) is 3. The summed E-state index contributed by atoms with van der Waals surface area (Å²) < 4.78 is 61.7. The molecule has 25 heavy (non-hydrogen) atoms. The standard InChI is InChI=1S/C16H12ClF4NO3/c1-24-13-7-12(14(25-2)6-10(13)17)22-15(23)8-3-4-11(18)9(5-8)16(19,20)21/h3-7H,1-2H3,(H,22,23). The van der Waals surface area contributed by atoms with Crippen LogP contribution in [0.1, 0.15) is 15.9 Å². The molecule has 9 heteroatoms. The van der Waals surface area contributed by atoms with Gasteiger partial charge in [0.25, 0.3) is 5.91 Å². The SMILES string of the molecule is COc1cc(NC(=O)c2ccc(F)c(C(F)(F)F)c2)c(OC)cc1Cl. The largest absolute Gasteiger partial charge is 0.495 e. The van der Waals surface area contributed by atoms with Crippen LogP contribution in [0.15, 0.2) is 30.3 Å². The second kappa shape index (κ2) is 7.18. The Morgan fingerprint density at radius 1 is 1.08 bits per heavy atom. The van der Waals surface area contributed by atoms with Crippen LogP contribution >= 0.6 is 11.6 Å². The van der Waals surface area contributed by atoms with Gasteiger partial charge in [0, 0.05) is 17.7 Å². The maximum absolute atomic E-state index is 13.3. The van der Waals surface area contributed by atoms with Crippen molar-refractivity contribution in [1.29, 1.82) is 0 Å². The monoisotopic (exact) mass is 377 g/mol. The number of rotatable bonds is 4. The van der Waals surface area contributed by atoms with Gasteiger partial charge in [0.2, 0.25) is 0 Å². The average molecular weight is 378 g/mol. The van der Waals surface area contributed by atoms with E-state index in [4.69, 9.17) is 21.1 Å². The van der Waals surface area contributed by atoms with E-state index < -0.39 is 23.5 Å². The van der Waals surface area contributed by atoms with Crippen molar-refractivity contribution >= 4 is 23.2 Å². The molecule has 0 aromatic heterocycles. The molecule has 1 amide bonds. The first kappa shape index (κ1) is 18.9. The van der Waals surface area contributed by atoms with E-state index in [9.17, 15) is 22.4 Å². The molecular weight excluding hydrogens is 366 g/mol. The molecule has 2 aromatic carbocycles. The molecular formula is C16H12ClF4NO3. The van der Waals surface area contributed by atoms with Crippen LogP contribution in [0.4, 0.5) is 23.2 Å². The van der Waals surface area contributed by atoms with Crippen molar-refractivity contribution in [3.05, 3.63) is 52.3 Å². The number of carbonyl (C=O) groups is 1. The van der Waals surface area contributed by atoms with E-state index >= 15 is 0 Å². The van der Waals surface area contributed by atoms with Crippen molar-refractivity contribution in [2.45, 2.75) is 6.18 Å². The van der Waals surface area contributed by atoms with Crippen LogP contribution in [-0.2, 0) is 6.18 Å². The molecule has 0 atom stereocenters. The van der Waals surface area contributed by atoms with Crippen LogP contribution in [0.3, 0.4) is 0 Å². The molecule has 0 radical (unpaired) electrons. The van der Waals surface area contributed by atoms with Crippen LogP contribution < -0.4 is 14.8 Å². The Hall–Kier alpha value is -2.48. The number of amides is 1. The number of halogens is 5. The lowest BCUT2D eigenvalue weighted by atomic mass is 10.1. The summed E-state index contributed by atoms with van der Waals surface area (Å²) in [4.78, 5) is 12.2. The fraction of sp³-hybridized carbons (Fsp3) is 0.188. The smallest absolute Gasteiger partial charge is 0.419 e. The highest BCUT2D eigenvalue weighted by Gasteiger charge is 2.34. The van der Waals surface area contributed by atoms with E-state index in [1.807, 2.05) is 0 Å². The van der Waals surface area contributed by atoms with Crippen LogP contribution in [-0.4, -0.2) is 20.1 Å². The molecule has 0 heterocycles. The van der Waals surface area contributed by atoms with Gasteiger partial charge in [-0.1, -0.05) is 11.6 Å². The lowest BCUT2D eigenvalue weighted by Gasteiger charge is -2.14. The normalized spacial score (nSPS) is 11.2. The summed E-state index contributed by atoms with van der Waals surface area (Å²) in [5.74, 6) is -1.94. The van der Waals surface area contributed by atoms with Crippen molar-refractivity contribution < 1.29 is 31.8 Å². The molecule has 0 aliphatic heterocycles. The molecule has 0 spiro atoms. The Kier molecular flexibility index (Phi) is 5.42. The van der Waals surface area contributed by atoms with Crippen molar-refractivity contribution in [1.82, 2.24) is 0 Å². The quantitative estimate of drug-likeness (QED) is 0.781. The fourth-order valence-corrected chi connectivity index (χ4v) is 2.27. The number of methoxy groups -OCH3 is 2. The molecule has 0 fully saturated rings. The van der Waals surface area contributed by atoms with Gasteiger partial charge in [-0.05, 0) is 18.2 Å². The van der Waals surface area contributed by atoms with Gasteiger partial charge in [-0.15, -0.1) is 0 Å². The van der Waals surface area contributed by atoms with Crippen LogP contribution in [0.25, 0.3) is 0 Å². The maximum Gasteiger partial charge on any atom is 0.419 e. The Balaban J connectivity index is 2.38. The van der Waals surface area contributed by atoms with Gasteiger partial charge in [0.05, 0.1) is 30.5 Å². The molecule has 0 aliphatic rings. The minimum atomic E-state index is -4.92. The third-order valence-corrected chi connectivity index (χ3v) is 3.55. The highest BCUT2D eigenvalue weighted by Crippen LogP contribution is 2.36. The molecule has 0 aliphatic carbocycles. The third-order valence-electron chi connectivity index (χ3n) is 3.26. The van der Waals surface area contributed by atoms with Gasteiger partial charge in [-0.3, -0.25) is 4.79 Å². The van der Waals surface area contributed by atoms with E-state index in [1.165, 1.54) is 26.4 Å².